The summed E-state index contributed by atoms with van der Waals surface area (Å²) in [5.41, 5.74) is -0.0686. The maximum atomic E-state index is 13.5. The van der Waals surface area contributed by atoms with E-state index in [1.54, 1.807) is 48.5 Å². The van der Waals surface area contributed by atoms with Gasteiger partial charge < -0.3 is 9.84 Å². The van der Waals surface area contributed by atoms with Gasteiger partial charge in [0.1, 0.15) is 11.6 Å². The zero-order valence-electron chi connectivity index (χ0n) is 19.8. The first-order valence-electron chi connectivity index (χ1n) is 11.6. The molecular formula is C26H21ClFN5O5. The summed E-state index contributed by atoms with van der Waals surface area (Å²) >= 11 is 5.99. The number of hydrogen-bond donors (Lipinski definition) is 2. The predicted molar refractivity (Wildman–Crippen MR) is 135 cm³/mol. The maximum absolute atomic E-state index is 13.5. The molecule has 0 amide bonds. The Labute approximate surface area is 219 Å². The lowest BCUT2D eigenvalue weighted by atomic mass is 9.80. The third-order valence-electron chi connectivity index (χ3n) is 6.21. The lowest BCUT2D eigenvalue weighted by Gasteiger charge is -2.33. The van der Waals surface area contributed by atoms with Gasteiger partial charge in [-0.1, -0.05) is 23.7 Å². The van der Waals surface area contributed by atoms with E-state index in [0.717, 1.165) is 16.3 Å². The first-order chi connectivity index (χ1) is 18.3. The van der Waals surface area contributed by atoms with Gasteiger partial charge >= 0.3 is 17.3 Å². The fourth-order valence-electron chi connectivity index (χ4n) is 4.11. The van der Waals surface area contributed by atoms with Crippen molar-refractivity contribution in [3.05, 3.63) is 110 Å². The summed E-state index contributed by atoms with van der Waals surface area (Å²) in [6.45, 7) is 0.0954. The highest BCUT2D eigenvalue weighted by molar-refractivity contribution is 6.30. The molecule has 0 saturated heterocycles. The number of hydrogen-bond acceptors (Lipinski definition) is 6. The van der Waals surface area contributed by atoms with E-state index in [1.807, 2.05) is 0 Å². The van der Waals surface area contributed by atoms with Gasteiger partial charge in [-0.15, -0.1) is 0 Å². The number of aromatic nitrogens is 4. The molecule has 1 aliphatic carbocycles. The summed E-state index contributed by atoms with van der Waals surface area (Å²) in [5, 5.41) is 9.73. The van der Waals surface area contributed by atoms with E-state index >= 15 is 0 Å². The minimum absolute atomic E-state index is 0.0224. The van der Waals surface area contributed by atoms with Gasteiger partial charge in [-0.25, -0.2) is 28.5 Å². The number of nitrogens with zero attached hydrogens (tertiary/aromatic N) is 4. The number of carboxylic acid groups (broad SMARTS) is 1. The summed E-state index contributed by atoms with van der Waals surface area (Å²) in [6.07, 6.45) is 1.43. The first-order valence-corrected chi connectivity index (χ1v) is 12.0. The van der Waals surface area contributed by atoms with Crippen molar-refractivity contribution in [3.63, 3.8) is 0 Å². The van der Waals surface area contributed by atoms with E-state index in [0.29, 0.717) is 16.5 Å². The van der Waals surface area contributed by atoms with Crippen LogP contribution in [0.5, 0.6) is 11.6 Å². The average molecular weight is 538 g/mol. The van der Waals surface area contributed by atoms with Crippen LogP contribution in [0.3, 0.4) is 0 Å². The van der Waals surface area contributed by atoms with E-state index < -0.39 is 35.1 Å². The fraction of sp³-hybridized carbons (Fsp3) is 0.192. The predicted octanol–water partition coefficient (Wildman–Crippen LogP) is 3.63. The number of aliphatic carboxylic acids is 1. The zero-order chi connectivity index (χ0) is 26.8. The van der Waals surface area contributed by atoms with Crippen LogP contribution in [0, 0.1) is 11.7 Å². The Balaban J connectivity index is 1.50. The number of pyridine rings is 1. The molecule has 0 radical (unpaired) electrons. The van der Waals surface area contributed by atoms with Gasteiger partial charge in [0.25, 0.3) is 0 Å². The highest BCUT2D eigenvalue weighted by atomic mass is 35.5. The average Bonchev–Trinajstić information content (AvgIpc) is 2.86. The van der Waals surface area contributed by atoms with E-state index in [4.69, 9.17) is 16.3 Å². The molecule has 2 N–H and O–H groups in total. The zero-order valence-corrected chi connectivity index (χ0v) is 20.5. The standard InChI is InChI=1S/C26H21ClFN5O5/c27-17-3-1-15(2-4-17)14-32-24(31-25(36)33(26(32)37)20-11-16(12-20)23(34)35)30-19-6-8-21(9-7-19)38-22-10-5-18(28)13-29-22/h1-10,13,16,20H,11-12,14H2,(H,34,35)(H,30,31,36)/t16-,20+. The fourth-order valence-corrected chi connectivity index (χ4v) is 4.24. The molecule has 194 valence electrons. The first kappa shape index (κ1) is 25.2. The molecule has 1 aliphatic rings. The molecule has 2 aromatic heterocycles. The molecule has 5 rings (SSSR count). The van der Waals surface area contributed by atoms with Crippen LogP contribution >= 0.6 is 11.6 Å². The van der Waals surface area contributed by atoms with Crippen molar-refractivity contribution in [2.75, 3.05) is 0 Å². The van der Waals surface area contributed by atoms with Gasteiger partial charge in [0.05, 0.1) is 24.3 Å². The second kappa shape index (κ2) is 10.5. The van der Waals surface area contributed by atoms with Crippen molar-refractivity contribution in [1.82, 2.24) is 19.1 Å². The van der Waals surface area contributed by atoms with Crippen LogP contribution in [-0.4, -0.2) is 30.2 Å². The molecule has 0 spiro atoms. The minimum Gasteiger partial charge on any atom is -0.481 e. The summed E-state index contributed by atoms with van der Waals surface area (Å²) in [4.78, 5) is 48.6. The summed E-state index contributed by atoms with van der Waals surface area (Å²) in [7, 11) is 0. The Bertz CT molecular complexity index is 1660. The minimum atomic E-state index is -0.950. The van der Waals surface area contributed by atoms with Gasteiger partial charge in [0, 0.05) is 17.1 Å². The van der Waals surface area contributed by atoms with Gasteiger partial charge in [-0.05, 0) is 60.9 Å². The van der Waals surface area contributed by atoms with Crippen molar-refractivity contribution in [2.45, 2.75) is 25.4 Å². The number of carbonyl (C=O) groups is 1. The van der Waals surface area contributed by atoms with Crippen LogP contribution < -0.4 is 21.7 Å². The van der Waals surface area contributed by atoms with Crippen LogP contribution in [0.25, 0.3) is 0 Å². The number of ether oxygens (including phenoxy) is 1. The lowest BCUT2D eigenvalue weighted by Crippen LogP contribution is -2.53. The molecule has 38 heavy (non-hydrogen) atoms. The van der Waals surface area contributed by atoms with Crippen LogP contribution in [0.2, 0.25) is 5.02 Å². The number of benzene rings is 2. The molecule has 2 aromatic carbocycles. The number of carboxylic acids is 1. The summed E-state index contributed by atoms with van der Waals surface area (Å²) < 4.78 is 21.0. The maximum Gasteiger partial charge on any atom is 0.335 e. The Hall–Kier alpha value is -4.51. The van der Waals surface area contributed by atoms with Crippen LogP contribution in [-0.2, 0) is 11.3 Å². The van der Waals surface area contributed by atoms with Crippen molar-refractivity contribution >= 4 is 23.3 Å². The van der Waals surface area contributed by atoms with E-state index in [1.165, 1.54) is 16.7 Å². The highest BCUT2D eigenvalue weighted by Gasteiger charge is 2.37. The molecule has 2 heterocycles. The number of H-pyrrole nitrogens is 1. The summed E-state index contributed by atoms with van der Waals surface area (Å²) in [5.74, 6) is -1.38. The Morgan fingerprint density at radius 1 is 1.11 bits per heavy atom. The van der Waals surface area contributed by atoms with Crippen LogP contribution in [0.4, 0.5) is 10.1 Å². The summed E-state index contributed by atoms with van der Waals surface area (Å²) in [6, 6.07) is 15.5. The molecule has 0 atom stereocenters. The molecule has 1 fully saturated rings. The Morgan fingerprint density at radius 2 is 1.82 bits per heavy atom. The van der Waals surface area contributed by atoms with Gasteiger partial charge in [0.2, 0.25) is 11.5 Å². The van der Waals surface area contributed by atoms with Crippen LogP contribution in [0.1, 0.15) is 24.4 Å². The SMILES string of the molecule is O=c1[nH]/c(=N\c2ccc(Oc3ccc(F)cn3)cc2)n(Cc2ccc(Cl)cc2)c(=O)n1[C@H]1C[C@@H](C(=O)O)C1. The lowest BCUT2D eigenvalue weighted by molar-refractivity contribution is -0.146. The second-order valence-corrected chi connectivity index (χ2v) is 9.24. The number of aromatic amines is 1. The van der Waals surface area contributed by atoms with Crippen molar-refractivity contribution in [3.8, 4) is 11.6 Å². The third kappa shape index (κ3) is 5.42. The molecule has 1 saturated carbocycles. The van der Waals surface area contributed by atoms with E-state index in [2.05, 4.69) is 15.0 Å². The normalized spacial score (nSPS) is 17.2. The van der Waals surface area contributed by atoms with Crippen molar-refractivity contribution in [2.24, 2.45) is 10.9 Å². The molecule has 0 unspecified atom stereocenters. The highest BCUT2D eigenvalue weighted by Crippen LogP contribution is 2.36. The van der Waals surface area contributed by atoms with Crippen molar-refractivity contribution in [1.29, 1.82) is 0 Å². The number of halogens is 2. The second-order valence-electron chi connectivity index (χ2n) is 8.80. The smallest absolute Gasteiger partial charge is 0.335 e. The molecule has 4 aromatic rings. The largest absolute Gasteiger partial charge is 0.481 e. The van der Waals surface area contributed by atoms with Gasteiger partial charge in [0.15, 0.2) is 0 Å². The molecule has 0 aliphatic heterocycles. The molecule has 10 nitrogen and oxygen atoms in total. The van der Waals surface area contributed by atoms with Crippen LogP contribution in [0.15, 0.2) is 81.4 Å². The van der Waals surface area contributed by atoms with Gasteiger partial charge in [-0.3, -0.25) is 14.3 Å². The quantitative estimate of drug-likeness (QED) is 0.370. The third-order valence-corrected chi connectivity index (χ3v) is 6.46. The van der Waals surface area contributed by atoms with E-state index in [-0.39, 0.29) is 30.9 Å². The topological polar surface area (TPSA) is 132 Å². The molecule has 0 bridgehead atoms. The van der Waals surface area contributed by atoms with E-state index in [9.17, 15) is 23.9 Å². The molecule has 12 heteroatoms. The monoisotopic (exact) mass is 537 g/mol. The van der Waals surface area contributed by atoms with Crippen molar-refractivity contribution < 1.29 is 19.0 Å². The Kier molecular flexibility index (Phi) is 6.93. The number of rotatable bonds is 7. The molecular weight excluding hydrogens is 517 g/mol. The Morgan fingerprint density at radius 3 is 2.45 bits per heavy atom. The van der Waals surface area contributed by atoms with Gasteiger partial charge in [-0.2, -0.15) is 0 Å². The number of nitrogens with one attached hydrogen (secondary N) is 1.